The summed E-state index contributed by atoms with van der Waals surface area (Å²) in [6.45, 7) is 1.94. The van der Waals surface area contributed by atoms with Crippen LogP contribution >= 0.6 is 23.2 Å². The molecule has 1 aromatic heterocycles. The number of fused-ring (bicyclic) bond motifs is 1. The van der Waals surface area contributed by atoms with E-state index in [2.05, 4.69) is 4.98 Å². The molecule has 0 fully saturated rings. The largest absolute Gasteiger partial charge is 0.466 e. The standard InChI is InChI=1S/C17H20Cl2N2O4/c1-3-25-15(24)8-11(22)6-4-10-5-7-14(23)21(2)12-9-13(18)20-17(19)16(10)12/h9-10H,3-8H2,1-2H3. The van der Waals surface area contributed by atoms with Crippen molar-refractivity contribution in [1.29, 1.82) is 0 Å². The molecule has 6 nitrogen and oxygen atoms in total. The predicted molar refractivity (Wildman–Crippen MR) is 95.1 cm³/mol. The van der Waals surface area contributed by atoms with Crippen LogP contribution in [0.3, 0.4) is 0 Å². The van der Waals surface area contributed by atoms with Crippen molar-refractivity contribution in [2.45, 2.75) is 44.9 Å². The van der Waals surface area contributed by atoms with Crippen molar-refractivity contribution >= 4 is 46.5 Å². The van der Waals surface area contributed by atoms with Crippen LogP contribution in [0.2, 0.25) is 10.3 Å². The average molecular weight is 387 g/mol. The second-order valence-corrected chi connectivity index (χ2v) is 6.66. The van der Waals surface area contributed by atoms with Gasteiger partial charge in [-0.15, -0.1) is 0 Å². The molecule has 2 heterocycles. The highest BCUT2D eigenvalue weighted by atomic mass is 35.5. The molecule has 0 bridgehead atoms. The number of esters is 1. The maximum absolute atomic E-state index is 12.2. The third-order valence-corrected chi connectivity index (χ3v) is 4.71. The molecule has 0 aliphatic carbocycles. The summed E-state index contributed by atoms with van der Waals surface area (Å²) in [5.41, 5.74) is 1.35. The summed E-state index contributed by atoms with van der Waals surface area (Å²) in [6.07, 6.45) is 1.36. The number of carbonyl (C=O) groups excluding carboxylic acids is 3. The van der Waals surface area contributed by atoms with E-state index in [0.29, 0.717) is 24.9 Å². The second-order valence-electron chi connectivity index (χ2n) is 5.92. The topological polar surface area (TPSA) is 76.6 Å². The van der Waals surface area contributed by atoms with Crippen molar-refractivity contribution in [2.75, 3.05) is 18.6 Å². The molecule has 0 saturated heterocycles. The van der Waals surface area contributed by atoms with E-state index in [1.54, 1.807) is 20.0 Å². The zero-order valence-corrected chi connectivity index (χ0v) is 15.7. The highest BCUT2D eigenvalue weighted by Crippen LogP contribution is 2.41. The predicted octanol–water partition coefficient (Wildman–Crippen LogP) is 3.53. The maximum Gasteiger partial charge on any atom is 0.313 e. The van der Waals surface area contributed by atoms with Gasteiger partial charge in [-0.3, -0.25) is 14.4 Å². The molecule has 136 valence electrons. The number of aromatic nitrogens is 1. The third-order valence-electron chi connectivity index (χ3n) is 4.23. The van der Waals surface area contributed by atoms with Crippen LogP contribution in [0.4, 0.5) is 5.69 Å². The molecule has 0 saturated carbocycles. The van der Waals surface area contributed by atoms with E-state index in [9.17, 15) is 14.4 Å². The van der Waals surface area contributed by atoms with Crippen LogP contribution < -0.4 is 4.90 Å². The van der Waals surface area contributed by atoms with E-state index in [4.69, 9.17) is 27.9 Å². The summed E-state index contributed by atoms with van der Waals surface area (Å²) < 4.78 is 4.78. The Morgan fingerprint density at radius 2 is 2.12 bits per heavy atom. The van der Waals surface area contributed by atoms with Gasteiger partial charge in [-0.2, -0.15) is 0 Å². The lowest BCUT2D eigenvalue weighted by Gasteiger charge is -2.21. The van der Waals surface area contributed by atoms with Crippen molar-refractivity contribution < 1.29 is 19.1 Å². The lowest BCUT2D eigenvalue weighted by molar-refractivity contribution is -0.145. The van der Waals surface area contributed by atoms with Gasteiger partial charge in [0.05, 0.1) is 12.3 Å². The number of ketones is 1. The van der Waals surface area contributed by atoms with Gasteiger partial charge in [0.25, 0.3) is 0 Å². The van der Waals surface area contributed by atoms with Crippen molar-refractivity contribution in [1.82, 2.24) is 4.98 Å². The van der Waals surface area contributed by atoms with Gasteiger partial charge in [0, 0.05) is 25.5 Å². The smallest absolute Gasteiger partial charge is 0.313 e. The fourth-order valence-electron chi connectivity index (χ4n) is 2.97. The van der Waals surface area contributed by atoms with Gasteiger partial charge in [-0.1, -0.05) is 23.2 Å². The molecule has 1 aliphatic rings. The van der Waals surface area contributed by atoms with Crippen molar-refractivity contribution in [3.8, 4) is 0 Å². The van der Waals surface area contributed by atoms with Gasteiger partial charge < -0.3 is 9.64 Å². The van der Waals surface area contributed by atoms with Gasteiger partial charge >= 0.3 is 5.97 Å². The van der Waals surface area contributed by atoms with Gasteiger partial charge in [-0.25, -0.2) is 4.98 Å². The van der Waals surface area contributed by atoms with Crippen LogP contribution in [-0.2, 0) is 19.1 Å². The Morgan fingerprint density at radius 3 is 2.80 bits per heavy atom. The van der Waals surface area contributed by atoms with E-state index in [1.165, 1.54) is 4.90 Å². The number of hydrogen-bond acceptors (Lipinski definition) is 5. The molecule has 8 heteroatoms. The van der Waals surface area contributed by atoms with Crippen LogP contribution in [0.25, 0.3) is 0 Å². The van der Waals surface area contributed by atoms with Gasteiger partial charge in [0.1, 0.15) is 22.5 Å². The summed E-state index contributed by atoms with van der Waals surface area (Å²) in [4.78, 5) is 41.2. The fourth-order valence-corrected chi connectivity index (χ4v) is 3.54. The number of amides is 1. The summed E-state index contributed by atoms with van der Waals surface area (Å²) in [5, 5.41) is 0.453. The molecule has 0 N–H and O–H groups in total. The molecule has 0 radical (unpaired) electrons. The highest BCUT2D eigenvalue weighted by Gasteiger charge is 2.29. The Hall–Kier alpha value is -1.66. The Balaban J connectivity index is 2.17. The minimum Gasteiger partial charge on any atom is -0.466 e. The lowest BCUT2D eigenvalue weighted by atomic mass is 9.89. The molecule has 0 aromatic carbocycles. The van der Waals surface area contributed by atoms with Gasteiger partial charge in [-0.05, 0) is 31.7 Å². The van der Waals surface area contributed by atoms with Crippen LogP contribution in [0.15, 0.2) is 6.07 Å². The number of halogens is 2. The molecule has 1 atom stereocenters. The number of ether oxygens (including phenoxy) is 1. The van der Waals surface area contributed by atoms with Crippen molar-refractivity contribution in [2.24, 2.45) is 0 Å². The van der Waals surface area contributed by atoms with Crippen molar-refractivity contribution in [3.05, 3.63) is 21.9 Å². The Labute approximate surface area is 156 Å². The lowest BCUT2D eigenvalue weighted by Crippen LogP contribution is -2.25. The van der Waals surface area contributed by atoms with Crippen LogP contribution in [-0.4, -0.2) is 36.3 Å². The number of Topliss-reactive ketones (excluding diaryl/α,β-unsaturated/α-hetero) is 1. The number of hydrogen-bond donors (Lipinski definition) is 0. The first-order chi connectivity index (χ1) is 11.8. The first kappa shape index (κ1) is 19.7. The van der Waals surface area contributed by atoms with E-state index >= 15 is 0 Å². The van der Waals surface area contributed by atoms with E-state index in [0.717, 1.165) is 5.56 Å². The first-order valence-electron chi connectivity index (χ1n) is 8.13. The fraction of sp³-hybridized carbons (Fsp3) is 0.529. The summed E-state index contributed by atoms with van der Waals surface area (Å²) in [6, 6.07) is 1.61. The minimum atomic E-state index is -0.518. The number of pyridine rings is 1. The first-order valence-corrected chi connectivity index (χ1v) is 8.88. The zero-order chi connectivity index (χ0) is 18.6. The van der Waals surface area contributed by atoms with Crippen LogP contribution in [0, 0.1) is 0 Å². The zero-order valence-electron chi connectivity index (χ0n) is 14.2. The minimum absolute atomic E-state index is 0.0417. The number of nitrogens with zero attached hydrogens (tertiary/aromatic N) is 2. The normalized spacial score (nSPS) is 17.0. The Morgan fingerprint density at radius 1 is 1.40 bits per heavy atom. The van der Waals surface area contributed by atoms with E-state index in [-0.39, 0.29) is 47.4 Å². The number of rotatable bonds is 6. The monoisotopic (exact) mass is 386 g/mol. The Kier molecular flexibility index (Phi) is 6.79. The molecule has 25 heavy (non-hydrogen) atoms. The molecule has 2 rings (SSSR count). The summed E-state index contributed by atoms with van der Waals surface area (Å²) in [7, 11) is 1.67. The average Bonchev–Trinajstić information content (AvgIpc) is 2.65. The van der Waals surface area contributed by atoms with Crippen LogP contribution in [0.1, 0.15) is 50.5 Å². The molecule has 0 spiro atoms. The van der Waals surface area contributed by atoms with E-state index in [1.807, 2.05) is 0 Å². The summed E-state index contributed by atoms with van der Waals surface area (Å²) in [5.74, 6) is -0.857. The Bertz CT molecular complexity index is 693. The molecule has 1 aliphatic heterocycles. The highest BCUT2D eigenvalue weighted by molar-refractivity contribution is 6.33. The maximum atomic E-state index is 12.2. The molecule has 1 amide bonds. The third kappa shape index (κ3) is 4.92. The molecule has 1 aromatic rings. The van der Waals surface area contributed by atoms with Gasteiger partial charge in [0.2, 0.25) is 5.91 Å². The van der Waals surface area contributed by atoms with Crippen molar-refractivity contribution in [3.63, 3.8) is 0 Å². The summed E-state index contributed by atoms with van der Waals surface area (Å²) >= 11 is 12.2. The quantitative estimate of drug-likeness (QED) is 0.424. The van der Waals surface area contributed by atoms with Gasteiger partial charge in [0.15, 0.2) is 0 Å². The SMILES string of the molecule is CCOC(=O)CC(=O)CCC1CCC(=O)N(C)c2cc(Cl)nc(Cl)c21. The molecule has 1 unspecified atom stereocenters. The van der Waals surface area contributed by atoms with Crippen LogP contribution in [0.5, 0.6) is 0 Å². The molecular formula is C17H20Cl2N2O4. The van der Waals surface area contributed by atoms with E-state index < -0.39 is 5.97 Å². The number of carbonyl (C=O) groups is 3. The molecular weight excluding hydrogens is 367 g/mol. The number of anilines is 1. The second kappa shape index (κ2) is 8.63.